The van der Waals surface area contributed by atoms with Crippen LogP contribution in [-0.4, -0.2) is 0 Å². The van der Waals surface area contributed by atoms with E-state index >= 15 is 0 Å². The van der Waals surface area contributed by atoms with Crippen LogP contribution in [0.3, 0.4) is 0 Å². The minimum absolute atomic E-state index is 0.975. The Balaban J connectivity index is 1.56. The fourth-order valence-corrected chi connectivity index (χ4v) is 6.51. The Morgan fingerprint density at radius 1 is 0.500 bits per heavy atom. The van der Waals surface area contributed by atoms with Crippen molar-refractivity contribution in [3.8, 4) is 33.4 Å². The van der Waals surface area contributed by atoms with Gasteiger partial charge in [-0.3, -0.25) is 0 Å². The summed E-state index contributed by atoms with van der Waals surface area (Å²) < 4.78 is 0. The summed E-state index contributed by atoms with van der Waals surface area (Å²) in [6.45, 7) is 6.26. The molecule has 0 saturated heterocycles. The van der Waals surface area contributed by atoms with Crippen LogP contribution in [-0.2, 0) is 0 Å². The molecule has 0 spiro atoms. The molecule has 0 aliphatic heterocycles. The molecule has 0 amide bonds. The Morgan fingerprint density at radius 2 is 1.00 bits per heavy atom. The van der Waals surface area contributed by atoms with Crippen LogP contribution in [0.4, 0.5) is 0 Å². The molecule has 0 fully saturated rings. The third-order valence-corrected chi connectivity index (χ3v) is 8.34. The topological polar surface area (TPSA) is 0 Å². The summed E-state index contributed by atoms with van der Waals surface area (Å²) in [6, 6.07) is 50.9. The van der Waals surface area contributed by atoms with Crippen molar-refractivity contribution in [2.75, 3.05) is 0 Å². The van der Waals surface area contributed by atoms with Gasteiger partial charge in [-0.25, -0.2) is 0 Å². The summed E-state index contributed by atoms with van der Waals surface area (Å²) in [7, 11) is 0. The van der Waals surface area contributed by atoms with Crippen molar-refractivity contribution in [3.05, 3.63) is 164 Å². The van der Waals surface area contributed by atoms with Gasteiger partial charge in [-0.15, -0.1) is 0 Å². The fraction of sp³-hybridized carbons (Fsp3) is 0.0476. The maximum absolute atomic E-state index is 4.09. The van der Waals surface area contributed by atoms with Gasteiger partial charge in [0.05, 0.1) is 0 Å². The zero-order valence-corrected chi connectivity index (χ0v) is 23.8. The molecule has 0 aliphatic rings. The number of allylic oxidation sites excluding steroid dienone is 3. The van der Waals surface area contributed by atoms with Gasteiger partial charge in [-0.2, -0.15) is 0 Å². The molecule has 0 aromatic heterocycles. The minimum atomic E-state index is 0.975. The zero-order valence-electron chi connectivity index (χ0n) is 23.8. The summed E-state index contributed by atoms with van der Waals surface area (Å²) in [4.78, 5) is 0. The van der Waals surface area contributed by atoms with E-state index in [2.05, 4.69) is 159 Å². The molecular formula is C42H32. The fourth-order valence-electron chi connectivity index (χ4n) is 6.51. The second-order valence-corrected chi connectivity index (χ2v) is 10.8. The van der Waals surface area contributed by atoms with Crippen molar-refractivity contribution in [1.29, 1.82) is 0 Å². The van der Waals surface area contributed by atoms with Crippen LogP contribution in [0.5, 0.6) is 0 Å². The molecule has 0 atom stereocenters. The summed E-state index contributed by atoms with van der Waals surface area (Å²) >= 11 is 0. The van der Waals surface area contributed by atoms with Gasteiger partial charge in [0.15, 0.2) is 0 Å². The monoisotopic (exact) mass is 536 g/mol. The van der Waals surface area contributed by atoms with Gasteiger partial charge in [0, 0.05) is 0 Å². The van der Waals surface area contributed by atoms with Crippen molar-refractivity contribution in [3.63, 3.8) is 0 Å². The van der Waals surface area contributed by atoms with E-state index in [0.29, 0.717) is 0 Å². The van der Waals surface area contributed by atoms with Gasteiger partial charge in [0.25, 0.3) is 0 Å². The Hall–Kier alpha value is -5.20. The average molecular weight is 537 g/mol. The van der Waals surface area contributed by atoms with Crippen molar-refractivity contribution >= 4 is 37.9 Å². The molecule has 200 valence electrons. The van der Waals surface area contributed by atoms with E-state index in [-0.39, 0.29) is 0 Å². The van der Waals surface area contributed by atoms with Gasteiger partial charge in [-0.1, -0.05) is 159 Å². The molecule has 0 radical (unpaired) electrons. The highest BCUT2D eigenvalue weighted by Crippen LogP contribution is 2.46. The van der Waals surface area contributed by atoms with Gasteiger partial charge in [0.1, 0.15) is 0 Å². The van der Waals surface area contributed by atoms with Crippen LogP contribution < -0.4 is 0 Å². The molecule has 0 saturated carbocycles. The van der Waals surface area contributed by atoms with E-state index in [0.717, 1.165) is 6.42 Å². The summed E-state index contributed by atoms with van der Waals surface area (Å²) in [6.07, 6.45) is 5.19. The maximum Gasteiger partial charge on any atom is -0.00201 e. The lowest BCUT2D eigenvalue weighted by molar-refractivity contribution is 1.23. The molecule has 0 unspecified atom stereocenters. The second kappa shape index (κ2) is 11.0. The highest BCUT2D eigenvalue weighted by molar-refractivity contribution is 6.24. The molecular weight excluding hydrogens is 504 g/mol. The van der Waals surface area contributed by atoms with Crippen LogP contribution >= 0.6 is 0 Å². The molecule has 0 bridgehead atoms. The minimum Gasteiger partial charge on any atom is -0.0985 e. The van der Waals surface area contributed by atoms with Gasteiger partial charge in [-0.05, 0) is 89.3 Å². The van der Waals surface area contributed by atoms with E-state index in [1.165, 1.54) is 76.8 Å². The smallest absolute Gasteiger partial charge is 0.00201 e. The van der Waals surface area contributed by atoms with Crippen LogP contribution in [0.25, 0.3) is 71.3 Å². The van der Waals surface area contributed by atoms with E-state index in [9.17, 15) is 0 Å². The first-order chi connectivity index (χ1) is 20.8. The number of hydrogen-bond donors (Lipinski definition) is 0. The largest absolute Gasteiger partial charge is 0.0985 e. The van der Waals surface area contributed by atoms with Crippen molar-refractivity contribution in [2.24, 2.45) is 0 Å². The molecule has 7 aromatic rings. The lowest BCUT2D eigenvalue weighted by Gasteiger charge is -2.20. The molecule has 0 nitrogen and oxygen atoms in total. The first-order valence-electron chi connectivity index (χ1n) is 14.7. The number of benzene rings is 7. The lowest BCUT2D eigenvalue weighted by Crippen LogP contribution is -1.93. The first kappa shape index (κ1) is 25.7. The van der Waals surface area contributed by atoms with Crippen LogP contribution in [0, 0.1) is 0 Å². The quantitative estimate of drug-likeness (QED) is 0.146. The van der Waals surface area contributed by atoms with E-state index in [1.807, 2.05) is 6.08 Å². The third kappa shape index (κ3) is 4.33. The van der Waals surface area contributed by atoms with Crippen molar-refractivity contribution in [2.45, 2.75) is 13.3 Å². The zero-order chi connectivity index (χ0) is 28.5. The predicted octanol–water partition coefficient (Wildman–Crippen LogP) is 12.1. The van der Waals surface area contributed by atoms with Crippen molar-refractivity contribution in [1.82, 2.24) is 0 Å². The maximum atomic E-state index is 4.09. The van der Waals surface area contributed by atoms with Crippen LogP contribution in [0.2, 0.25) is 0 Å². The molecule has 0 heteroatoms. The summed E-state index contributed by atoms with van der Waals surface area (Å²) in [5, 5.41) is 7.60. The standard InChI is InChI=1S/C42H32/c1-3-15-29(4-2)31-18-14-19-32(28-31)41-36-22-10-12-24-38(36)42(39-25-13-11-23-37(39)41)40-27-26-33(30-16-6-5-7-17-30)34-20-8-9-21-35(34)40/h4-28H,2-3H2,1H3/b29-15+. The molecule has 42 heavy (non-hydrogen) atoms. The van der Waals surface area contributed by atoms with E-state index in [1.54, 1.807) is 0 Å². The Kier molecular flexibility index (Phi) is 6.74. The van der Waals surface area contributed by atoms with Gasteiger partial charge >= 0.3 is 0 Å². The number of rotatable bonds is 6. The highest BCUT2D eigenvalue weighted by Gasteiger charge is 2.19. The Morgan fingerprint density at radius 3 is 1.60 bits per heavy atom. The Labute approximate surface area is 247 Å². The lowest BCUT2D eigenvalue weighted by atomic mass is 9.83. The third-order valence-electron chi connectivity index (χ3n) is 8.34. The second-order valence-electron chi connectivity index (χ2n) is 10.8. The predicted molar refractivity (Wildman–Crippen MR) is 184 cm³/mol. The number of fused-ring (bicyclic) bond motifs is 3. The first-order valence-corrected chi connectivity index (χ1v) is 14.7. The number of hydrogen-bond acceptors (Lipinski definition) is 0. The van der Waals surface area contributed by atoms with E-state index in [4.69, 9.17) is 0 Å². The molecule has 0 heterocycles. The molecule has 7 rings (SSSR count). The van der Waals surface area contributed by atoms with Gasteiger partial charge < -0.3 is 0 Å². The van der Waals surface area contributed by atoms with E-state index < -0.39 is 0 Å². The molecule has 0 N–H and O–H groups in total. The van der Waals surface area contributed by atoms with Crippen molar-refractivity contribution < 1.29 is 0 Å². The Bertz CT molecular complexity index is 2070. The van der Waals surface area contributed by atoms with Gasteiger partial charge in [0.2, 0.25) is 0 Å². The summed E-state index contributed by atoms with van der Waals surface area (Å²) in [5.41, 5.74) is 9.92. The normalized spacial score (nSPS) is 11.8. The highest BCUT2D eigenvalue weighted by atomic mass is 14.2. The van der Waals surface area contributed by atoms with Crippen LogP contribution in [0.15, 0.2) is 158 Å². The molecule has 0 aliphatic carbocycles. The summed E-state index contributed by atoms with van der Waals surface area (Å²) in [5.74, 6) is 0. The SMILES string of the molecule is C=C/C(=C\CC)c1cccc(-c2c3ccccc3c(-c3ccc(-c4ccccc4)c4ccccc34)c3ccccc23)c1. The average Bonchev–Trinajstić information content (AvgIpc) is 3.06. The molecule has 7 aromatic carbocycles. The van der Waals surface area contributed by atoms with Crippen LogP contribution in [0.1, 0.15) is 18.9 Å².